The molecule has 9 nitrogen and oxygen atoms in total. The van der Waals surface area contributed by atoms with E-state index in [1.54, 1.807) is 26.3 Å². The standard InChI is InChI=1S/C26H25FN4O5S/c1-31-20-7-14(3-4-21(20)36-26(31)33)23-9-16-6-19(27)15(8-24(16)37-23)5-17(10-28)30-25(32)22-12-29-11-18(34-2)13-35-22/h3-4,6-9,17-18,22,29H,5,11-13H2,1-2H3,(H,30,32)/t17-,18+,22-/m0/s1. The molecule has 192 valence electrons. The summed E-state index contributed by atoms with van der Waals surface area (Å²) in [5, 5.41) is 16.1. The summed E-state index contributed by atoms with van der Waals surface area (Å²) in [6.45, 7) is 1.11. The number of thiophene rings is 1. The van der Waals surface area contributed by atoms with Crippen molar-refractivity contribution in [3.8, 4) is 16.5 Å². The number of halogens is 1. The van der Waals surface area contributed by atoms with Crippen molar-refractivity contribution in [1.82, 2.24) is 15.2 Å². The van der Waals surface area contributed by atoms with Gasteiger partial charge in [0.2, 0.25) is 0 Å². The van der Waals surface area contributed by atoms with Crippen LogP contribution in [0.3, 0.4) is 0 Å². The molecule has 1 aliphatic rings. The number of amides is 1. The van der Waals surface area contributed by atoms with E-state index in [0.29, 0.717) is 29.8 Å². The van der Waals surface area contributed by atoms with Gasteiger partial charge in [-0.25, -0.2) is 9.18 Å². The van der Waals surface area contributed by atoms with Gasteiger partial charge in [-0.3, -0.25) is 9.36 Å². The lowest BCUT2D eigenvalue weighted by molar-refractivity contribution is -0.133. The minimum absolute atomic E-state index is 0.0151. The minimum Gasteiger partial charge on any atom is -0.408 e. The van der Waals surface area contributed by atoms with Gasteiger partial charge in [-0.2, -0.15) is 5.26 Å². The zero-order valence-corrected chi connectivity index (χ0v) is 21.1. The second-order valence-corrected chi connectivity index (χ2v) is 10.0. The first-order valence-electron chi connectivity index (χ1n) is 11.7. The summed E-state index contributed by atoms with van der Waals surface area (Å²) in [4.78, 5) is 25.4. The maximum absolute atomic E-state index is 15.0. The Bertz CT molecular complexity index is 1570. The predicted octanol–water partition coefficient (Wildman–Crippen LogP) is 2.71. The molecule has 2 N–H and O–H groups in total. The number of nitriles is 1. The van der Waals surface area contributed by atoms with Crippen LogP contribution in [0.5, 0.6) is 0 Å². The van der Waals surface area contributed by atoms with Crippen LogP contribution in [0.15, 0.2) is 45.6 Å². The number of ether oxygens (including phenoxy) is 2. The minimum atomic E-state index is -0.922. The van der Waals surface area contributed by atoms with Gasteiger partial charge in [0.25, 0.3) is 5.91 Å². The summed E-state index contributed by atoms with van der Waals surface area (Å²) in [6, 6.07) is 11.6. The van der Waals surface area contributed by atoms with E-state index in [0.717, 1.165) is 20.5 Å². The highest BCUT2D eigenvalue weighted by molar-refractivity contribution is 7.22. The summed E-state index contributed by atoms with van der Waals surface area (Å²) in [7, 11) is 3.22. The highest BCUT2D eigenvalue weighted by Crippen LogP contribution is 2.36. The zero-order chi connectivity index (χ0) is 26.1. The van der Waals surface area contributed by atoms with Crippen molar-refractivity contribution in [1.29, 1.82) is 5.26 Å². The quantitative estimate of drug-likeness (QED) is 0.398. The van der Waals surface area contributed by atoms with Crippen molar-refractivity contribution in [3.05, 3.63) is 58.3 Å². The van der Waals surface area contributed by atoms with E-state index in [-0.39, 0.29) is 19.1 Å². The van der Waals surface area contributed by atoms with Crippen LogP contribution in [0.4, 0.5) is 4.39 Å². The molecule has 1 saturated heterocycles. The maximum Gasteiger partial charge on any atom is 0.419 e. The number of fused-ring (bicyclic) bond motifs is 2. The molecule has 1 aliphatic heterocycles. The Labute approximate surface area is 215 Å². The van der Waals surface area contributed by atoms with E-state index < -0.39 is 29.6 Å². The van der Waals surface area contributed by atoms with Crippen LogP contribution in [0, 0.1) is 17.1 Å². The van der Waals surface area contributed by atoms with Gasteiger partial charge in [-0.1, -0.05) is 0 Å². The second kappa shape index (κ2) is 10.4. The molecule has 0 radical (unpaired) electrons. The molecule has 11 heteroatoms. The Morgan fingerprint density at radius 2 is 2.19 bits per heavy atom. The number of aromatic nitrogens is 1. The molecular formula is C26H25FN4O5S. The number of hydrogen-bond acceptors (Lipinski definition) is 8. The van der Waals surface area contributed by atoms with Gasteiger partial charge in [0.15, 0.2) is 5.58 Å². The van der Waals surface area contributed by atoms with Gasteiger partial charge in [0.05, 0.1) is 24.3 Å². The van der Waals surface area contributed by atoms with E-state index in [1.165, 1.54) is 22.0 Å². The Hall–Kier alpha value is -3.56. The fraction of sp³-hybridized carbons (Fsp3) is 0.346. The number of hydrogen-bond donors (Lipinski definition) is 2. The van der Waals surface area contributed by atoms with Gasteiger partial charge in [0, 0.05) is 43.2 Å². The molecule has 37 heavy (non-hydrogen) atoms. The number of methoxy groups -OCH3 is 1. The van der Waals surface area contributed by atoms with Crippen molar-refractivity contribution in [2.24, 2.45) is 7.05 Å². The van der Waals surface area contributed by atoms with E-state index in [9.17, 15) is 14.9 Å². The zero-order valence-electron chi connectivity index (χ0n) is 20.2. The molecule has 3 heterocycles. The van der Waals surface area contributed by atoms with Gasteiger partial charge >= 0.3 is 5.76 Å². The lowest BCUT2D eigenvalue weighted by Gasteiger charge is -2.18. The maximum atomic E-state index is 15.0. The number of nitrogens with zero attached hydrogens (tertiary/aromatic N) is 2. The lowest BCUT2D eigenvalue weighted by Crippen LogP contribution is -2.46. The third-order valence-electron chi connectivity index (χ3n) is 6.47. The largest absolute Gasteiger partial charge is 0.419 e. The first-order chi connectivity index (χ1) is 17.9. The molecular weight excluding hydrogens is 499 g/mol. The van der Waals surface area contributed by atoms with Crippen molar-refractivity contribution in [3.63, 3.8) is 0 Å². The Morgan fingerprint density at radius 1 is 1.35 bits per heavy atom. The van der Waals surface area contributed by atoms with E-state index >= 15 is 4.39 Å². The average Bonchev–Trinajstić information content (AvgIpc) is 3.31. The lowest BCUT2D eigenvalue weighted by atomic mass is 10.0. The van der Waals surface area contributed by atoms with Gasteiger partial charge < -0.3 is 24.5 Å². The summed E-state index contributed by atoms with van der Waals surface area (Å²) >= 11 is 1.48. The molecule has 4 aromatic rings. The number of rotatable bonds is 6. The monoisotopic (exact) mass is 524 g/mol. The Morgan fingerprint density at radius 3 is 2.97 bits per heavy atom. The summed E-state index contributed by atoms with van der Waals surface area (Å²) in [5.74, 6) is -1.32. The number of benzene rings is 2. The molecule has 3 atom stereocenters. The predicted molar refractivity (Wildman–Crippen MR) is 137 cm³/mol. The fourth-order valence-corrected chi connectivity index (χ4v) is 5.43. The number of aryl methyl sites for hydroxylation is 1. The highest BCUT2D eigenvalue weighted by atomic mass is 32.1. The average molecular weight is 525 g/mol. The number of carbonyl (C=O) groups excluding carboxylic acids is 1. The normalized spacial score (nSPS) is 19.0. The summed E-state index contributed by atoms with van der Waals surface area (Å²) < 4.78 is 33.4. The van der Waals surface area contributed by atoms with Gasteiger partial charge in [0.1, 0.15) is 18.0 Å². The van der Waals surface area contributed by atoms with E-state index in [4.69, 9.17) is 13.9 Å². The molecule has 1 amide bonds. The van der Waals surface area contributed by atoms with Crippen LogP contribution in [-0.2, 0) is 27.7 Å². The van der Waals surface area contributed by atoms with Crippen molar-refractivity contribution in [2.75, 3.05) is 26.8 Å². The second-order valence-electron chi connectivity index (χ2n) is 8.93. The van der Waals surface area contributed by atoms with E-state index in [2.05, 4.69) is 16.7 Å². The topological polar surface area (TPSA) is 119 Å². The smallest absolute Gasteiger partial charge is 0.408 e. The molecule has 0 bridgehead atoms. The molecule has 5 rings (SSSR count). The molecule has 0 unspecified atom stereocenters. The Balaban J connectivity index is 1.34. The van der Waals surface area contributed by atoms with Gasteiger partial charge in [-0.05, 0) is 52.9 Å². The number of carbonyl (C=O) groups is 1. The molecule has 0 saturated carbocycles. The van der Waals surface area contributed by atoms with Crippen LogP contribution >= 0.6 is 11.3 Å². The SMILES string of the molecule is CO[C@@H]1CNC[C@@H](C(=O)N[C@H](C#N)Cc2cc3sc(-c4ccc5oc(=O)n(C)c5c4)cc3cc2F)OC1. The Kier molecular flexibility index (Phi) is 7.08. The van der Waals surface area contributed by atoms with Crippen LogP contribution in [0.1, 0.15) is 5.56 Å². The molecule has 2 aromatic heterocycles. The van der Waals surface area contributed by atoms with Crippen LogP contribution < -0.4 is 16.4 Å². The first-order valence-corrected chi connectivity index (χ1v) is 12.5. The highest BCUT2D eigenvalue weighted by Gasteiger charge is 2.26. The van der Waals surface area contributed by atoms with E-state index in [1.807, 2.05) is 18.2 Å². The van der Waals surface area contributed by atoms with Crippen LogP contribution in [0.25, 0.3) is 31.6 Å². The number of nitrogens with one attached hydrogen (secondary N) is 2. The summed E-state index contributed by atoms with van der Waals surface area (Å²) in [6.07, 6.45) is -0.911. The first kappa shape index (κ1) is 25.1. The molecule has 1 fully saturated rings. The number of oxazole rings is 1. The van der Waals surface area contributed by atoms with Crippen molar-refractivity contribution in [2.45, 2.75) is 24.7 Å². The van der Waals surface area contributed by atoms with Crippen LogP contribution in [0.2, 0.25) is 0 Å². The summed E-state index contributed by atoms with van der Waals surface area (Å²) in [5.41, 5.74) is 2.38. The van der Waals surface area contributed by atoms with Crippen molar-refractivity contribution >= 4 is 38.4 Å². The molecule has 2 aromatic carbocycles. The third kappa shape index (κ3) is 5.14. The molecule has 0 spiro atoms. The van der Waals surface area contributed by atoms with Gasteiger partial charge in [-0.15, -0.1) is 11.3 Å². The molecule has 0 aliphatic carbocycles. The van der Waals surface area contributed by atoms with Crippen LogP contribution in [-0.4, -0.2) is 55.5 Å². The third-order valence-corrected chi connectivity index (χ3v) is 7.62. The fourth-order valence-electron chi connectivity index (χ4n) is 4.33. The van der Waals surface area contributed by atoms with Crippen molar-refractivity contribution < 1.29 is 23.1 Å².